The maximum absolute atomic E-state index is 5.61. The molecule has 2 unspecified atom stereocenters. The van der Waals surface area contributed by atoms with E-state index in [4.69, 9.17) is 4.74 Å². The molecule has 2 nitrogen and oxygen atoms in total. The van der Waals surface area contributed by atoms with E-state index in [0.717, 1.165) is 32.6 Å². The van der Waals surface area contributed by atoms with Crippen molar-refractivity contribution in [3.8, 4) is 0 Å². The van der Waals surface area contributed by atoms with Gasteiger partial charge in [0.1, 0.15) is 0 Å². The summed E-state index contributed by atoms with van der Waals surface area (Å²) in [7, 11) is 0. The molecule has 1 aromatic carbocycles. The third-order valence-corrected chi connectivity index (χ3v) is 3.56. The van der Waals surface area contributed by atoms with Gasteiger partial charge in [-0.15, -0.1) is 0 Å². The molecule has 1 aliphatic rings. The second-order valence-corrected chi connectivity index (χ2v) is 4.98. The van der Waals surface area contributed by atoms with Crippen molar-refractivity contribution >= 4 is 0 Å². The minimum Gasteiger partial charge on any atom is -0.381 e. The molecule has 1 saturated heterocycles. The zero-order valence-corrected chi connectivity index (χ0v) is 10.9. The van der Waals surface area contributed by atoms with Gasteiger partial charge >= 0.3 is 0 Å². The van der Waals surface area contributed by atoms with E-state index in [1.54, 1.807) is 0 Å². The molecule has 0 saturated carbocycles. The van der Waals surface area contributed by atoms with E-state index >= 15 is 0 Å². The Morgan fingerprint density at radius 2 is 2.06 bits per heavy atom. The highest BCUT2D eigenvalue weighted by Crippen LogP contribution is 2.20. The quantitative estimate of drug-likeness (QED) is 0.863. The van der Waals surface area contributed by atoms with Crippen LogP contribution in [0.2, 0.25) is 0 Å². The van der Waals surface area contributed by atoms with Crippen LogP contribution in [-0.4, -0.2) is 25.8 Å². The van der Waals surface area contributed by atoms with E-state index in [1.807, 2.05) is 0 Å². The summed E-state index contributed by atoms with van der Waals surface area (Å²) in [5.41, 5.74) is 2.76. The predicted octanol–water partition coefficient (Wildman–Crippen LogP) is 2.55. The molecule has 0 spiro atoms. The van der Waals surface area contributed by atoms with Crippen LogP contribution in [0.1, 0.15) is 24.5 Å². The molecule has 1 aromatic rings. The Labute approximate surface area is 104 Å². The fraction of sp³-hybridized carbons (Fsp3) is 0.600. The minimum absolute atomic E-state index is 0.617. The highest BCUT2D eigenvalue weighted by molar-refractivity contribution is 5.22. The Kier molecular flexibility index (Phi) is 4.57. The van der Waals surface area contributed by atoms with Crippen molar-refractivity contribution < 1.29 is 4.74 Å². The molecule has 0 bridgehead atoms. The van der Waals surface area contributed by atoms with Gasteiger partial charge in [-0.1, -0.05) is 36.8 Å². The molecule has 2 rings (SSSR count). The molecule has 1 aliphatic heterocycles. The van der Waals surface area contributed by atoms with Gasteiger partial charge in [0.15, 0.2) is 0 Å². The first-order valence-corrected chi connectivity index (χ1v) is 6.66. The van der Waals surface area contributed by atoms with Crippen LogP contribution in [0.15, 0.2) is 24.3 Å². The first-order valence-electron chi connectivity index (χ1n) is 6.66. The summed E-state index contributed by atoms with van der Waals surface area (Å²) in [6, 6.07) is 9.50. The molecule has 1 fully saturated rings. The number of benzene rings is 1. The summed E-state index contributed by atoms with van der Waals surface area (Å²) in [6.07, 6.45) is 2.27. The van der Waals surface area contributed by atoms with E-state index in [0.29, 0.717) is 12.0 Å². The van der Waals surface area contributed by atoms with Gasteiger partial charge in [0.2, 0.25) is 0 Å². The number of aryl methyl sites for hydroxylation is 1. The summed E-state index contributed by atoms with van der Waals surface area (Å²) >= 11 is 0. The van der Waals surface area contributed by atoms with Crippen LogP contribution in [0.25, 0.3) is 0 Å². The number of hydrogen-bond acceptors (Lipinski definition) is 2. The Morgan fingerprint density at radius 3 is 2.76 bits per heavy atom. The van der Waals surface area contributed by atoms with Gasteiger partial charge < -0.3 is 10.1 Å². The lowest BCUT2D eigenvalue weighted by Gasteiger charge is -2.32. The first kappa shape index (κ1) is 12.6. The van der Waals surface area contributed by atoms with E-state index in [-0.39, 0.29) is 0 Å². The van der Waals surface area contributed by atoms with Crippen LogP contribution in [0.3, 0.4) is 0 Å². The Hall–Kier alpha value is -0.860. The molecule has 17 heavy (non-hydrogen) atoms. The molecule has 0 radical (unpaired) electrons. The lowest BCUT2D eigenvalue weighted by molar-refractivity contribution is 0.0327. The van der Waals surface area contributed by atoms with Crippen molar-refractivity contribution in [3.63, 3.8) is 0 Å². The summed E-state index contributed by atoms with van der Waals surface area (Å²) in [5.74, 6) is 0.617. The predicted molar refractivity (Wildman–Crippen MR) is 71.3 cm³/mol. The van der Waals surface area contributed by atoms with Gasteiger partial charge in [-0.25, -0.2) is 0 Å². The van der Waals surface area contributed by atoms with Gasteiger partial charge in [0, 0.05) is 18.6 Å². The number of hydrogen-bond donors (Lipinski definition) is 1. The molecule has 1 N–H and O–H groups in total. The maximum Gasteiger partial charge on any atom is 0.0512 e. The summed E-state index contributed by atoms with van der Waals surface area (Å²) in [5, 5.41) is 3.59. The SMILES string of the molecule is CCNC1CCOCC1Cc1ccc(C)cc1. The number of rotatable bonds is 4. The Morgan fingerprint density at radius 1 is 1.29 bits per heavy atom. The zero-order valence-electron chi connectivity index (χ0n) is 10.9. The van der Waals surface area contributed by atoms with Crippen molar-refractivity contribution in [2.24, 2.45) is 5.92 Å². The highest BCUT2D eigenvalue weighted by Gasteiger charge is 2.24. The lowest BCUT2D eigenvalue weighted by Crippen LogP contribution is -2.43. The fourth-order valence-corrected chi connectivity index (χ4v) is 2.56. The molecule has 2 heteroatoms. The number of ether oxygens (including phenoxy) is 1. The average Bonchev–Trinajstić information content (AvgIpc) is 2.35. The van der Waals surface area contributed by atoms with Crippen LogP contribution in [0.5, 0.6) is 0 Å². The highest BCUT2D eigenvalue weighted by atomic mass is 16.5. The molecular formula is C15H23NO. The van der Waals surface area contributed by atoms with Gasteiger partial charge in [-0.05, 0) is 31.9 Å². The maximum atomic E-state index is 5.61. The van der Waals surface area contributed by atoms with Crippen LogP contribution in [0, 0.1) is 12.8 Å². The zero-order chi connectivity index (χ0) is 12.1. The molecule has 0 aliphatic carbocycles. The third kappa shape index (κ3) is 3.55. The molecule has 1 heterocycles. The van der Waals surface area contributed by atoms with Gasteiger partial charge in [-0.3, -0.25) is 0 Å². The lowest BCUT2D eigenvalue weighted by atomic mass is 9.89. The average molecular weight is 233 g/mol. The molecule has 0 amide bonds. The summed E-state index contributed by atoms with van der Waals surface area (Å²) in [6.45, 7) is 7.16. The fourth-order valence-electron chi connectivity index (χ4n) is 2.56. The minimum atomic E-state index is 0.617. The monoisotopic (exact) mass is 233 g/mol. The largest absolute Gasteiger partial charge is 0.381 e. The first-order chi connectivity index (χ1) is 8.29. The summed E-state index contributed by atoms with van der Waals surface area (Å²) < 4.78 is 5.61. The topological polar surface area (TPSA) is 21.3 Å². The van der Waals surface area contributed by atoms with Crippen LogP contribution in [-0.2, 0) is 11.2 Å². The van der Waals surface area contributed by atoms with Crippen LogP contribution in [0.4, 0.5) is 0 Å². The van der Waals surface area contributed by atoms with Gasteiger partial charge in [0.25, 0.3) is 0 Å². The molecular weight excluding hydrogens is 210 g/mol. The van der Waals surface area contributed by atoms with Gasteiger partial charge in [-0.2, -0.15) is 0 Å². The Bertz CT molecular complexity index is 331. The van der Waals surface area contributed by atoms with Crippen molar-refractivity contribution in [2.45, 2.75) is 32.7 Å². The molecule has 94 valence electrons. The smallest absolute Gasteiger partial charge is 0.0512 e. The van der Waals surface area contributed by atoms with Crippen molar-refractivity contribution in [2.75, 3.05) is 19.8 Å². The summed E-state index contributed by atoms with van der Waals surface area (Å²) in [4.78, 5) is 0. The second kappa shape index (κ2) is 6.18. The van der Waals surface area contributed by atoms with Crippen LogP contribution >= 0.6 is 0 Å². The number of nitrogens with one attached hydrogen (secondary N) is 1. The standard InChI is InChI=1S/C15H23NO/c1-3-16-15-8-9-17-11-14(15)10-13-6-4-12(2)5-7-13/h4-7,14-16H,3,8-11H2,1-2H3. The second-order valence-electron chi connectivity index (χ2n) is 4.98. The molecule has 2 atom stereocenters. The van der Waals surface area contributed by atoms with Crippen LogP contribution < -0.4 is 5.32 Å². The van der Waals surface area contributed by atoms with E-state index in [1.165, 1.54) is 11.1 Å². The van der Waals surface area contributed by atoms with E-state index in [9.17, 15) is 0 Å². The van der Waals surface area contributed by atoms with E-state index in [2.05, 4.69) is 43.4 Å². The third-order valence-electron chi connectivity index (χ3n) is 3.56. The van der Waals surface area contributed by atoms with Crippen molar-refractivity contribution in [1.29, 1.82) is 0 Å². The van der Waals surface area contributed by atoms with Crippen molar-refractivity contribution in [1.82, 2.24) is 5.32 Å². The van der Waals surface area contributed by atoms with Crippen molar-refractivity contribution in [3.05, 3.63) is 35.4 Å². The van der Waals surface area contributed by atoms with Gasteiger partial charge in [0.05, 0.1) is 6.61 Å². The van der Waals surface area contributed by atoms with E-state index < -0.39 is 0 Å². The molecule has 0 aromatic heterocycles. The normalized spacial score (nSPS) is 24.8. The Balaban J connectivity index is 1.97.